The summed E-state index contributed by atoms with van der Waals surface area (Å²) in [5, 5.41) is 3.32. The van der Waals surface area contributed by atoms with Gasteiger partial charge in [-0.15, -0.1) is 24.0 Å². The van der Waals surface area contributed by atoms with Crippen LogP contribution in [0.3, 0.4) is 0 Å². The molecule has 82 valence electrons. The summed E-state index contributed by atoms with van der Waals surface area (Å²) in [5.74, 6) is 1.01. The first-order valence-corrected chi connectivity index (χ1v) is 4.89. The number of halogens is 1. The number of hydrogen-bond donors (Lipinski definition) is 1. The van der Waals surface area contributed by atoms with Crippen molar-refractivity contribution in [2.45, 2.75) is 6.54 Å². The van der Waals surface area contributed by atoms with Crippen LogP contribution < -0.4 is 5.32 Å². The third-order valence-corrected chi connectivity index (χ3v) is 2.35. The van der Waals surface area contributed by atoms with Gasteiger partial charge in [-0.3, -0.25) is 4.99 Å². The Morgan fingerprint density at radius 2 is 2.07 bits per heavy atom. The molecule has 1 heterocycles. The Morgan fingerprint density at radius 3 is 2.67 bits per heavy atom. The molecule has 0 bridgehead atoms. The van der Waals surface area contributed by atoms with Crippen LogP contribution in [0.1, 0.15) is 5.56 Å². The topological polar surface area (TPSA) is 27.6 Å². The van der Waals surface area contributed by atoms with Gasteiger partial charge in [-0.05, 0) is 5.56 Å². The van der Waals surface area contributed by atoms with Crippen LogP contribution in [0.25, 0.3) is 0 Å². The van der Waals surface area contributed by atoms with Gasteiger partial charge in [0.15, 0.2) is 5.96 Å². The van der Waals surface area contributed by atoms with E-state index in [0.717, 1.165) is 25.6 Å². The third-order valence-electron chi connectivity index (χ3n) is 2.35. The SMILES string of the molecule is CN1CCN=C1NCc1ccccc1.I. The first-order chi connectivity index (χ1) is 6.86. The largest absolute Gasteiger partial charge is 0.352 e. The molecule has 1 aromatic carbocycles. The summed E-state index contributed by atoms with van der Waals surface area (Å²) in [6.45, 7) is 2.79. The average molecular weight is 317 g/mol. The summed E-state index contributed by atoms with van der Waals surface area (Å²) in [7, 11) is 2.06. The number of likely N-dealkylation sites (N-methyl/N-ethyl adjacent to an activating group) is 1. The van der Waals surface area contributed by atoms with E-state index >= 15 is 0 Å². The first kappa shape index (κ1) is 12.3. The molecule has 0 aromatic heterocycles. The Kier molecular flexibility index (Phi) is 4.87. The fourth-order valence-electron chi connectivity index (χ4n) is 1.50. The van der Waals surface area contributed by atoms with E-state index in [0.29, 0.717) is 0 Å². The lowest BCUT2D eigenvalue weighted by molar-refractivity contribution is 0.534. The van der Waals surface area contributed by atoms with Gasteiger partial charge in [0.1, 0.15) is 0 Å². The van der Waals surface area contributed by atoms with Gasteiger partial charge in [0.2, 0.25) is 0 Å². The van der Waals surface area contributed by atoms with Crippen molar-refractivity contribution in [1.29, 1.82) is 0 Å². The molecule has 1 aromatic rings. The van der Waals surface area contributed by atoms with Gasteiger partial charge in [-0.25, -0.2) is 0 Å². The van der Waals surface area contributed by atoms with Crippen molar-refractivity contribution in [1.82, 2.24) is 10.2 Å². The highest BCUT2D eigenvalue weighted by atomic mass is 127. The number of aliphatic imine (C=N–C) groups is 1. The van der Waals surface area contributed by atoms with Gasteiger partial charge >= 0.3 is 0 Å². The lowest BCUT2D eigenvalue weighted by atomic mass is 10.2. The van der Waals surface area contributed by atoms with Crippen LogP contribution in [-0.4, -0.2) is 31.0 Å². The van der Waals surface area contributed by atoms with E-state index < -0.39 is 0 Å². The van der Waals surface area contributed by atoms with Crippen molar-refractivity contribution >= 4 is 29.9 Å². The molecule has 3 nitrogen and oxygen atoms in total. The summed E-state index contributed by atoms with van der Waals surface area (Å²) in [5.41, 5.74) is 1.29. The highest BCUT2D eigenvalue weighted by Gasteiger charge is 2.10. The quantitative estimate of drug-likeness (QED) is 0.841. The van der Waals surface area contributed by atoms with Crippen molar-refractivity contribution < 1.29 is 0 Å². The minimum atomic E-state index is 0. The maximum Gasteiger partial charge on any atom is 0.194 e. The summed E-state index contributed by atoms with van der Waals surface area (Å²) in [6.07, 6.45) is 0. The number of hydrogen-bond acceptors (Lipinski definition) is 3. The summed E-state index contributed by atoms with van der Waals surface area (Å²) in [6, 6.07) is 10.4. The van der Waals surface area contributed by atoms with Crippen LogP contribution in [0.4, 0.5) is 0 Å². The van der Waals surface area contributed by atoms with E-state index in [2.05, 4.69) is 46.5 Å². The van der Waals surface area contributed by atoms with Crippen molar-refractivity contribution in [3.63, 3.8) is 0 Å². The van der Waals surface area contributed by atoms with Crippen LogP contribution in [0.2, 0.25) is 0 Å². The monoisotopic (exact) mass is 317 g/mol. The molecule has 0 saturated heterocycles. The zero-order chi connectivity index (χ0) is 9.80. The van der Waals surface area contributed by atoms with E-state index in [1.165, 1.54) is 5.56 Å². The second-order valence-electron chi connectivity index (χ2n) is 3.47. The molecule has 0 radical (unpaired) electrons. The maximum absolute atomic E-state index is 4.36. The Bertz CT molecular complexity index is 324. The Morgan fingerprint density at radius 1 is 1.33 bits per heavy atom. The van der Waals surface area contributed by atoms with Crippen molar-refractivity contribution in [2.24, 2.45) is 4.99 Å². The Hall–Kier alpha value is -0.780. The van der Waals surface area contributed by atoms with Gasteiger partial charge in [0.05, 0.1) is 6.54 Å². The maximum atomic E-state index is 4.36. The molecule has 0 amide bonds. The third kappa shape index (κ3) is 3.37. The zero-order valence-corrected chi connectivity index (χ0v) is 11.1. The van der Waals surface area contributed by atoms with Gasteiger partial charge in [0.25, 0.3) is 0 Å². The summed E-state index contributed by atoms with van der Waals surface area (Å²) < 4.78 is 0. The Balaban J connectivity index is 0.00000112. The standard InChI is InChI=1S/C11H15N3.HI/c1-14-8-7-12-11(14)13-9-10-5-3-2-4-6-10;/h2-6H,7-9H2,1H3,(H,12,13);1H. The minimum Gasteiger partial charge on any atom is -0.352 e. The van der Waals surface area contributed by atoms with E-state index in [9.17, 15) is 0 Å². The van der Waals surface area contributed by atoms with E-state index in [1.54, 1.807) is 0 Å². The number of nitrogens with zero attached hydrogens (tertiary/aromatic N) is 2. The predicted octanol–water partition coefficient (Wildman–Crippen LogP) is 1.70. The lowest BCUT2D eigenvalue weighted by Crippen LogP contribution is -2.35. The molecule has 0 saturated carbocycles. The molecule has 0 spiro atoms. The van der Waals surface area contributed by atoms with Crippen LogP contribution in [0.5, 0.6) is 0 Å². The second-order valence-corrected chi connectivity index (χ2v) is 3.47. The van der Waals surface area contributed by atoms with Crippen LogP contribution in [0, 0.1) is 0 Å². The van der Waals surface area contributed by atoms with E-state index in [4.69, 9.17) is 0 Å². The van der Waals surface area contributed by atoms with Gasteiger partial charge < -0.3 is 10.2 Å². The van der Waals surface area contributed by atoms with E-state index in [-0.39, 0.29) is 24.0 Å². The van der Waals surface area contributed by atoms with Gasteiger partial charge in [0, 0.05) is 20.1 Å². The molecule has 2 rings (SSSR count). The van der Waals surface area contributed by atoms with Crippen molar-refractivity contribution in [2.75, 3.05) is 20.1 Å². The molecule has 1 aliphatic rings. The van der Waals surface area contributed by atoms with Crippen LogP contribution in [0.15, 0.2) is 35.3 Å². The normalized spacial score (nSPS) is 14.5. The molecule has 1 aliphatic heterocycles. The lowest BCUT2D eigenvalue weighted by Gasteiger charge is -2.15. The van der Waals surface area contributed by atoms with Crippen molar-refractivity contribution in [3.8, 4) is 0 Å². The number of guanidine groups is 1. The molecule has 0 fully saturated rings. The molecule has 4 heteroatoms. The highest BCUT2D eigenvalue weighted by molar-refractivity contribution is 14.0. The van der Waals surface area contributed by atoms with Crippen LogP contribution in [-0.2, 0) is 6.54 Å². The highest BCUT2D eigenvalue weighted by Crippen LogP contribution is 2.00. The molecule has 1 N–H and O–H groups in total. The number of benzene rings is 1. The molecule has 0 atom stereocenters. The molecular formula is C11H16IN3. The summed E-state index contributed by atoms with van der Waals surface area (Å²) >= 11 is 0. The van der Waals surface area contributed by atoms with Gasteiger partial charge in [-0.2, -0.15) is 0 Å². The molecule has 0 unspecified atom stereocenters. The predicted molar refractivity (Wildman–Crippen MR) is 73.6 cm³/mol. The second kappa shape index (κ2) is 5.95. The average Bonchev–Trinajstić information content (AvgIpc) is 2.63. The van der Waals surface area contributed by atoms with E-state index in [1.807, 2.05) is 6.07 Å². The van der Waals surface area contributed by atoms with Crippen LogP contribution >= 0.6 is 24.0 Å². The smallest absolute Gasteiger partial charge is 0.194 e. The first-order valence-electron chi connectivity index (χ1n) is 4.89. The Labute approximate surface area is 108 Å². The zero-order valence-electron chi connectivity index (χ0n) is 8.81. The fraction of sp³-hybridized carbons (Fsp3) is 0.364. The van der Waals surface area contributed by atoms with Crippen molar-refractivity contribution in [3.05, 3.63) is 35.9 Å². The fourth-order valence-corrected chi connectivity index (χ4v) is 1.50. The number of rotatable bonds is 2. The van der Waals surface area contributed by atoms with Gasteiger partial charge in [-0.1, -0.05) is 30.3 Å². The molecule has 0 aliphatic carbocycles. The minimum absolute atomic E-state index is 0. The molecule has 15 heavy (non-hydrogen) atoms. The number of nitrogens with one attached hydrogen (secondary N) is 1. The summed E-state index contributed by atoms with van der Waals surface area (Å²) in [4.78, 5) is 6.51. The molecular weight excluding hydrogens is 301 g/mol.